The number of rotatable bonds is 20. The minimum Gasteiger partial charge on any atom is -0.423 e. The third kappa shape index (κ3) is 21.5. The van der Waals surface area contributed by atoms with E-state index < -0.39 is 32.2 Å². The Labute approximate surface area is 900 Å². The summed E-state index contributed by atoms with van der Waals surface area (Å²) in [6.07, 6.45) is 7.31. The molecule has 0 aromatic heterocycles. The number of anilines is 6. The number of benzene rings is 18. The molecule has 2 aliphatic heterocycles. The Balaban J connectivity index is 0.000000142. The lowest BCUT2D eigenvalue weighted by Crippen LogP contribution is -2.41. The maximum atomic E-state index is 8.72. The molecule has 2 saturated heterocycles. The van der Waals surface area contributed by atoms with E-state index in [2.05, 4.69) is 537 Å². The second-order valence-electron chi connectivity index (χ2n) is 40.3. The maximum absolute atomic E-state index is 8.72. The van der Waals surface area contributed by atoms with Crippen molar-refractivity contribution < 1.29 is 28.7 Å². The van der Waals surface area contributed by atoms with Crippen molar-refractivity contribution in [3.63, 3.8) is 0 Å². The lowest BCUT2D eigenvalue weighted by molar-refractivity contribution is 0.00578. The second kappa shape index (κ2) is 44.1. The first-order valence-corrected chi connectivity index (χ1v) is 52.6. The van der Waals surface area contributed by atoms with Crippen LogP contribution in [0.1, 0.15) is 144 Å². The molecule has 0 atom stereocenters. The van der Waals surface area contributed by atoms with E-state index in [9.17, 15) is 0 Å². The van der Waals surface area contributed by atoms with Gasteiger partial charge in [0, 0.05) is 47.5 Å². The number of nitrogens with zero attached hydrogens (tertiary/aromatic N) is 2. The molecule has 18 aromatic carbocycles. The van der Waals surface area contributed by atoms with Gasteiger partial charge in [0.15, 0.2) is 0 Å². The summed E-state index contributed by atoms with van der Waals surface area (Å²) in [5.41, 5.74) is 38.1. The van der Waals surface area contributed by atoms with E-state index in [0.29, 0.717) is 5.46 Å². The molecular formula is C134H120B3Br3N2O6. The molecule has 22 rings (SSSR count). The van der Waals surface area contributed by atoms with Gasteiger partial charge < -0.3 is 38.5 Å². The fraction of sp³-hybridized carbons (Fsp3) is 0.134. The molecule has 148 heavy (non-hydrogen) atoms. The zero-order chi connectivity index (χ0) is 104. The van der Waals surface area contributed by atoms with Gasteiger partial charge in [0.05, 0.1) is 33.2 Å². The highest BCUT2D eigenvalue weighted by Crippen LogP contribution is 2.59. The van der Waals surface area contributed by atoms with Crippen LogP contribution in [0.2, 0.25) is 0 Å². The molecule has 0 amide bonds. The SMILES string of the molecule is C=Cc1ccc(-c2ccc(C3(c4ccc(-c5cc(-c6ccc(C=C)cc6)cc(N(c6ccc(C)cc6)c6ccc(C)cc6)c5)cc4)c4ccccc4-c4ccccc43)cc2)cc1.C=Cc1ccc(B(O)O)cc1.C=Cc1ccc(Br)cc1.CC1(C)OB(c2ccc(C3(c4ccc(B5OC(C)(C)C(C)(C)O5)cc4)c4ccccc4-c4ccccc43)cc2)OC1(C)C.Cc1ccc(N(c2ccc(C)cc2)c2cc(Br)cc(Br)c2)cc1. The number of hydrogen-bond acceptors (Lipinski definition) is 8. The Morgan fingerprint density at radius 1 is 0.250 bits per heavy atom. The van der Waals surface area contributed by atoms with E-state index in [0.717, 1.165) is 103 Å². The summed E-state index contributed by atoms with van der Waals surface area (Å²) in [6.45, 7) is 40.4. The highest BCUT2D eigenvalue weighted by molar-refractivity contribution is 9.11. The lowest BCUT2D eigenvalue weighted by atomic mass is 9.66. The zero-order valence-electron chi connectivity index (χ0n) is 85.8. The van der Waals surface area contributed by atoms with Gasteiger partial charge in [-0.05, 0) is 319 Å². The molecule has 0 bridgehead atoms. The summed E-state index contributed by atoms with van der Waals surface area (Å²) in [7, 11) is -2.19. The second-order valence-corrected chi connectivity index (χ2v) is 43.1. The minimum absolute atomic E-state index is 0.389. The van der Waals surface area contributed by atoms with Gasteiger partial charge in [0.25, 0.3) is 0 Å². The van der Waals surface area contributed by atoms with Crippen LogP contribution in [0.15, 0.2) is 464 Å². The average molecular weight is 2130 g/mol. The van der Waals surface area contributed by atoms with Crippen molar-refractivity contribution >= 4 is 144 Å². The third-order valence-corrected chi connectivity index (χ3v) is 31.0. The molecule has 14 heteroatoms. The van der Waals surface area contributed by atoms with Crippen LogP contribution in [0.3, 0.4) is 0 Å². The number of aryl methyl sites for hydroxylation is 4. The van der Waals surface area contributed by atoms with Crippen LogP contribution in [-0.4, -0.2) is 53.8 Å². The Morgan fingerprint density at radius 2 is 0.486 bits per heavy atom. The van der Waals surface area contributed by atoms with Crippen molar-refractivity contribution in [2.24, 2.45) is 0 Å². The van der Waals surface area contributed by atoms with E-state index >= 15 is 0 Å². The fourth-order valence-corrected chi connectivity index (χ4v) is 21.6. The van der Waals surface area contributed by atoms with Gasteiger partial charge in [-0.2, -0.15) is 0 Å². The van der Waals surface area contributed by atoms with Crippen molar-refractivity contribution in [1.82, 2.24) is 0 Å². The van der Waals surface area contributed by atoms with Crippen molar-refractivity contribution in [3.05, 3.63) is 553 Å². The van der Waals surface area contributed by atoms with Crippen LogP contribution in [0, 0.1) is 27.7 Å². The normalized spacial score (nSPS) is 14.4. The zero-order valence-corrected chi connectivity index (χ0v) is 90.6. The number of halogens is 3. The van der Waals surface area contributed by atoms with Gasteiger partial charge in [-0.3, -0.25) is 0 Å². The molecule has 2 N–H and O–H groups in total. The summed E-state index contributed by atoms with van der Waals surface area (Å²) in [4.78, 5) is 4.63. The van der Waals surface area contributed by atoms with Crippen LogP contribution in [0.25, 0.3) is 79.9 Å². The van der Waals surface area contributed by atoms with Crippen LogP contribution < -0.4 is 26.2 Å². The molecule has 0 spiro atoms. The first-order chi connectivity index (χ1) is 71.3. The number of fused-ring (bicyclic) bond motifs is 6. The van der Waals surface area contributed by atoms with Gasteiger partial charge in [-0.25, -0.2) is 0 Å². The molecule has 0 radical (unpaired) electrons. The summed E-state index contributed by atoms with van der Waals surface area (Å²) >= 11 is 10.5. The Bertz CT molecular complexity index is 7480. The first-order valence-electron chi connectivity index (χ1n) is 50.2. The minimum atomic E-state index is -1.38. The predicted molar refractivity (Wildman–Crippen MR) is 636 cm³/mol. The van der Waals surface area contributed by atoms with E-state index in [1.807, 2.05) is 48.6 Å². The molecule has 18 aromatic rings. The maximum Gasteiger partial charge on any atom is 0.494 e. The van der Waals surface area contributed by atoms with Gasteiger partial charge >= 0.3 is 21.4 Å². The highest BCUT2D eigenvalue weighted by Gasteiger charge is 2.55. The average Bonchev–Trinajstić information content (AvgIpc) is 1.54. The van der Waals surface area contributed by atoms with Crippen LogP contribution >= 0.6 is 47.8 Å². The molecular weight excluding hydrogens is 2010 g/mol. The summed E-state index contributed by atoms with van der Waals surface area (Å²) in [6, 6.07) is 152. The Kier molecular flexibility index (Phi) is 31.0. The van der Waals surface area contributed by atoms with Crippen LogP contribution in [0.5, 0.6) is 0 Å². The first kappa shape index (κ1) is 104. The molecule has 0 unspecified atom stereocenters. The van der Waals surface area contributed by atoms with Crippen molar-refractivity contribution in [1.29, 1.82) is 0 Å². The molecule has 4 aliphatic rings. The molecule has 2 heterocycles. The van der Waals surface area contributed by atoms with E-state index in [4.69, 9.17) is 28.7 Å². The van der Waals surface area contributed by atoms with E-state index in [1.165, 1.54) is 100 Å². The lowest BCUT2D eigenvalue weighted by Gasteiger charge is -2.34. The Morgan fingerprint density at radius 3 is 0.757 bits per heavy atom. The quantitative estimate of drug-likeness (QED) is 0.0731. The van der Waals surface area contributed by atoms with Crippen molar-refractivity contribution in [2.75, 3.05) is 9.80 Å². The summed E-state index contributed by atoms with van der Waals surface area (Å²) < 4.78 is 28.7. The molecule has 2 fully saturated rings. The van der Waals surface area contributed by atoms with Crippen LogP contribution in [0.4, 0.5) is 34.1 Å². The fourth-order valence-electron chi connectivity index (χ4n) is 20.0. The van der Waals surface area contributed by atoms with Gasteiger partial charge in [-0.1, -0.05) is 448 Å². The summed E-state index contributed by atoms with van der Waals surface area (Å²) in [5, 5.41) is 17.4. The molecule has 2 aliphatic carbocycles. The van der Waals surface area contributed by atoms with Crippen molar-refractivity contribution in [2.45, 2.75) is 116 Å². The van der Waals surface area contributed by atoms with E-state index in [-0.39, 0.29) is 22.4 Å². The van der Waals surface area contributed by atoms with E-state index in [1.54, 1.807) is 30.3 Å². The summed E-state index contributed by atoms with van der Waals surface area (Å²) in [5.74, 6) is 0. The smallest absolute Gasteiger partial charge is 0.423 e. The van der Waals surface area contributed by atoms with Gasteiger partial charge in [0.1, 0.15) is 0 Å². The molecule has 8 nitrogen and oxygen atoms in total. The standard InChI is InChI=1S/C61H47N.C37H40B2O4.C20H17Br2N.C8H9BO2.C8H7Br/c1-5-44-19-23-46(24-20-44)47-27-31-52(32-28-47)61(59-13-9-7-11-57(59)58-12-8-10-14-60(58)61)53-33-29-49(30-34-53)51-39-50(48-25-21-45(6-2)22-26-48)40-56(41-51)62(54-35-15-42(3)16-36-54)55-37-17-43(4)18-38-55;1-33(2)34(3,4)41-38(40-33)27-21-17-25(18-22-27)37(31-15-11-9-13-29(31)30-14-10-12-16-32(30)37)26-19-23-28(24-20-26)39-42-35(5,6)36(7,8)43-39;1-14-3-7-18(8-4-14)23(19-9-5-15(2)6-10-19)20-12-16(21)11-17(22)13-20;1-2-7-3-5-8(6-4-7)9(10)11;1-2-7-3-5-8(9)6-4-7/h5-41H,1-2H2,3-4H3;9-24H,1-8H3;3-13H,1-2H3;2-6,10-11H,1H2;2-6H,1H2. The van der Waals surface area contributed by atoms with Gasteiger partial charge in [-0.15, -0.1) is 0 Å². The highest BCUT2D eigenvalue weighted by atomic mass is 79.9. The largest absolute Gasteiger partial charge is 0.494 e. The van der Waals surface area contributed by atoms with Gasteiger partial charge in [0.2, 0.25) is 0 Å². The molecule has 732 valence electrons. The predicted octanol–water partition coefficient (Wildman–Crippen LogP) is 33.5. The van der Waals surface area contributed by atoms with Crippen LogP contribution in [-0.2, 0) is 29.4 Å². The molecule has 0 saturated carbocycles. The topological polar surface area (TPSA) is 83.9 Å². The third-order valence-electron chi connectivity index (χ3n) is 29.6. The Hall–Kier alpha value is -14.1. The monoisotopic (exact) mass is 2120 g/mol. The van der Waals surface area contributed by atoms with Crippen molar-refractivity contribution in [3.8, 4) is 55.6 Å². The number of hydrogen-bond donors (Lipinski definition) is 2.